The first-order chi connectivity index (χ1) is 10.8. The smallest absolute Gasteiger partial charge is 0.367 e. The molecule has 0 aromatic carbocycles. The van der Waals surface area contributed by atoms with E-state index in [1.807, 2.05) is 0 Å². The first kappa shape index (κ1) is 19.8. The van der Waals surface area contributed by atoms with Gasteiger partial charge in [0.15, 0.2) is 0 Å². The first-order valence-electron chi connectivity index (χ1n) is 7.10. The van der Waals surface area contributed by atoms with E-state index in [0.717, 1.165) is 0 Å². The standard InChI is InChI=1S/C14H24O9/c1-7-10(21-9(3)15)8(2)14(20-6,13(16)19-5)22-11(7)12(18-4)23-17/h7-8,10-12,17H,1-6H3/t7-,8+,10+,11+,12+,14-/m1/s1. The summed E-state index contributed by atoms with van der Waals surface area (Å²) in [6.07, 6.45) is -2.92. The van der Waals surface area contributed by atoms with Crippen LogP contribution in [0.1, 0.15) is 20.8 Å². The lowest BCUT2D eigenvalue weighted by molar-refractivity contribution is -0.406. The van der Waals surface area contributed by atoms with Crippen molar-refractivity contribution in [2.75, 3.05) is 21.3 Å². The number of ether oxygens (including phenoxy) is 5. The van der Waals surface area contributed by atoms with Crippen molar-refractivity contribution in [3.63, 3.8) is 0 Å². The molecule has 1 saturated heterocycles. The van der Waals surface area contributed by atoms with Crippen LogP contribution in [0.15, 0.2) is 0 Å². The lowest BCUT2D eigenvalue weighted by Crippen LogP contribution is -2.65. The highest BCUT2D eigenvalue weighted by molar-refractivity contribution is 5.78. The zero-order valence-corrected chi connectivity index (χ0v) is 14.1. The third-order valence-corrected chi connectivity index (χ3v) is 4.12. The van der Waals surface area contributed by atoms with E-state index in [-0.39, 0.29) is 0 Å². The Hall–Kier alpha value is -1.26. The quantitative estimate of drug-likeness (QED) is 0.322. The fraction of sp³-hybridized carbons (Fsp3) is 0.857. The van der Waals surface area contributed by atoms with Crippen LogP contribution in [0, 0.1) is 11.8 Å². The van der Waals surface area contributed by atoms with Gasteiger partial charge in [-0.3, -0.25) is 4.79 Å². The van der Waals surface area contributed by atoms with E-state index in [0.29, 0.717) is 0 Å². The summed E-state index contributed by atoms with van der Waals surface area (Å²) >= 11 is 0. The Morgan fingerprint density at radius 1 is 1.22 bits per heavy atom. The monoisotopic (exact) mass is 336 g/mol. The Balaban J connectivity index is 3.31. The normalized spacial score (nSPS) is 35.4. The minimum absolute atomic E-state index is 0.459. The summed E-state index contributed by atoms with van der Waals surface area (Å²) in [5.41, 5.74) is 0. The van der Waals surface area contributed by atoms with Crippen LogP contribution in [0.2, 0.25) is 0 Å². The van der Waals surface area contributed by atoms with Gasteiger partial charge in [0.2, 0.25) is 6.29 Å². The molecule has 1 fully saturated rings. The lowest BCUT2D eigenvalue weighted by atomic mass is 9.80. The molecule has 134 valence electrons. The molecule has 0 saturated carbocycles. The van der Waals surface area contributed by atoms with Gasteiger partial charge in [-0.1, -0.05) is 13.8 Å². The van der Waals surface area contributed by atoms with E-state index >= 15 is 0 Å². The summed E-state index contributed by atoms with van der Waals surface area (Å²) in [5.74, 6) is -4.29. The van der Waals surface area contributed by atoms with E-state index < -0.39 is 48.1 Å². The molecule has 0 aliphatic carbocycles. The van der Waals surface area contributed by atoms with E-state index in [1.54, 1.807) is 13.8 Å². The summed E-state index contributed by atoms with van der Waals surface area (Å²) in [6, 6.07) is 0. The van der Waals surface area contributed by atoms with Crippen molar-refractivity contribution in [3.05, 3.63) is 0 Å². The van der Waals surface area contributed by atoms with Crippen LogP contribution >= 0.6 is 0 Å². The number of hydrogen-bond acceptors (Lipinski definition) is 9. The van der Waals surface area contributed by atoms with Crippen LogP contribution in [0.5, 0.6) is 0 Å². The summed E-state index contributed by atoms with van der Waals surface area (Å²) in [7, 11) is 3.75. The zero-order valence-electron chi connectivity index (χ0n) is 14.1. The van der Waals surface area contributed by atoms with Gasteiger partial charge in [-0.25, -0.2) is 14.9 Å². The maximum absolute atomic E-state index is 12.3. The highest BCUT2D eigenvalue weighted by Gasteiger charge is 2.60. The van der Waals surface area contributed by atoms with Crippen molar-refractivity contribution in [1.82, 2.24) is 0 Å². The topological polar surface area (TPSA) is 110 Å². The summed E-state index contributed by atoms with van der Waals surface area (Å²) < 4.78 is 26.2. The van der Waals surface area contributed by atoms with Gasteiger partial charge in [0.1, 0.15) is 12.2 Å². The van der Waals surface area contributed by atoms with Gasteiger partial charge < -0.3 is 23.7 Å². The average molecular weight is 336 g/mol. The van der Waals surface area contributed by atoms with Gasteiger partial charge in [-0.05, 0) is 0 Å². The van der Waals surface area contributed by atoms with Crippen LogP contribution in [0.4, 0.5) is 0 Å². The highest BCUT2D eigenvalue weighted by atomic mass is 17.1. The molecule has 1 rings (SSSR count). The van der Waals surface area contributed by atoms with Crippen molar-refractivity contribution >= 4 is 11.9 Å². The molecule has 1 aliphatic rings. The number of methoxy groups -OCH3 is 3. The molecule has 9 nitrogen and oxygen atoms in total. The van der Waals surface area contributed by atoms with Crippen LogP contribution in [0.25, 0.3) is 0 Å². The second-order valence-corrected chi connectivity index (χ2v) is 5.38. The fourth-order valence-corrected chi connectivity index (χ4v) is 2.91. The molecule has 1 heterocycles. The van der Waals surface area contributed by atoms with E-state index in [4.69, 9.17) is 28.9 Å². The lowest BCUT2D eigenvalue weighted by Gasteiger charge is -2.49. The van der Waals surface area contributed by atoms with Gasteiger partial charge >= 0.3 is 11.9 Å². The summed E-state index contributed by atoms with van der Waals surface area (Å²) in [5, 5.41) is 9.00. The maximum atomic E-state index is 12.3. The molecular weight excluding hydrogens is 312 g/mol. The van der Waals surface area contributed by atoms with Gasteiger partial charge in [0.05, 0.1) is 13.0 Å². The molecule has 1 N–H and O–H groups in total. The van der Waals surface area contributed by atoms with E-state index in [1.165, 1.54) is 28.3 Å². The summed E-state index contributed by atoms with van der Waals surface area (Å²) in [6.45, 7) is 4.62. The third kappa shape index (κ3) is 3.64. The van der Waals surface area contributed by atoms with Crippen molar-refractivity contribution in [2.45, 2.75) is 45.1 Å². The van der Waals surface area contributed by atoms with Crippen molar-refractivity contribution in [2.24, 2.45) is 11.8 Å². The van der Waals surface area contributed by atoms with Crippen LogP contribution in [0.3, 0.4) is 0 Å². The molecule has 1 aliphatic heterocycles. The number of hydrogen-bond donors (Lipinski definition) is 1. The molecule has 6 atom stereocenters. The molecule has 0 bridgehead atoms. The second-order valence-electron chi connectivity index (χ2n) is 5.38. The van der Waals surface area contributed by atoms with Crippen LogP contribution < -0.4 is 0 Å². The number of esters is 2. The first-order valence-corrected chi connectivity index (χ1v) is 7.10. The molecule has 0 spiro atoms. The minimum atomic E-state index is -1.83. The number of carbonyl (C=O) groups is 2. The molecule has 0 aromatic heterocycles. The predicted molar refractivity (Wildman–Crippen MR) is 75.0 cm³/mol. The Morgan fingerprint density at radius 2 is 1.83 bits per heavy atom. The highest BCUT2D eigenvalue weighted by Crippen LogP contribution is 2.42. The average Bonchev–Trinajstić information content (AvgIpc) is 2.53. The molecule has 0 amide bonds. The molecule has 0 radical (unpaired) electrons. The minimum Gasteiger partial charge on any atom is -0.465 e. The van der Waals surface area contributed by atoms with Crippen molar-refractivity contribution < 1.29 is 43.4 Å². The Labute approximate surface area is 134 Å². The van der Waals surface area contributed by atoms with Gasteiger partial charge in [-0.15, -0.1) is 0 Å². The third-order valence-electron chi connectivity index (χ3n) is 4.12. The molecule has 0 aromatic rings. The summed E-state index contributed by atoms with van der Waals surface area (Å²) in [4.78, 5) is 27.9. The molecular formula is C14H24O9. The largest absolute Gasteiger partial charge is 0.465 e. The number of rotatable bonds is 6. The Kier molecular flexibility index (Phi) is 6.90. The van der Waals surface area contributed by atoms with Crippen LogP contribution in [-0.2, 0) is 38.2 Å². The van der Waals surface area contributed by atoms with Crippen molar-refractivity contribution in [1.29, 1.82) is 0 Å². The second kappa shape index (κ2) is 8.02. The molecule has 9 heteroatoms. The zero-order chi connectivity index (χ0) is 17.8. The van der Waals surface area contributed by atoms with Gasteiger partial charge in [-0.2, -0.15) is 0 Å². The van der Waals surface area contributed by atoms with Gasteiger partial charge in [0, 0.05) is 27.1 Å². The van der Waals surface area contributed by atoms with Gasteiger partial charge in [0.25, 0.3) is 5.79 Å². The maximum Gasteiger partial charge on any atom is 0.367 e. The molecule has 23 heavy (non-hydrogen) atoms. The fourth-order valence-electron chi connectivity index (χ4n) is 2.91. The van der Waals surface area contributed by atoms with Crippen molar-refractivity contribution in [3.8, 4) is 0 Å². The number of carbonyl (C=O) groups excluding carboxylic acids is 2. The van der Waals surface area contributed by atoms with Crippen LogP contribution in [-0.4, -0.2) is 62.8 Å². The Bertz CT molecular complexity index is 422. The Morgan fingerprint density at radius 3 is 2.22 bits per heavy atom. The van der Waals surface area contributed by atoms with E-state index in [2.05, 4.69) is 4.89 Å². The van der Waals surface area contributed by atoms with E-state index in [9.17, 15) is 9.59 Å². The predicted octanol–water partition coefficient (Wildman–Crippen LogP) is 0.567. The molecule has 0 unspecified atom stereocenters. The SMILES string of the molecule is COC(=O)[C@]1(OC)O[C@H]([C@@H](OC)OO)[C@H](C)[C@H](OC(C)=O)[C@@H]1C.